The predicted octanol–water partition coefficient (Wildman–Crippen LogP) is 2.92. The van der Waals surface area contributed by atoms with Gasteiger partial charge in [-0.3, -0.25) is 4.40 Å². The fraction of sp³-hybridized carbons (Fsp3) is 0.250. The number of carbonyl (C=O) groups is 1. The van der Waals surface area contributed by atoms with Crippen LogP contribution in [0.4, 0.5) is 26.6 Å². The van der Waals surface area contributed by atoms with E-state index in [4.69, 9.17) is 0 Å². The summed E-state index contributed by atoms with van der Waals surface area (Å²) in [5, 5.41) is 17.6. The maximum absolute atomic E-state index is 13.1. The van der Waals surface area contributed by atoms with Crippen LogP contribution >= 0.6 is 0 Å². The lowest BCUT2D eigenvalue weighted by atomic mass is 10.3. The largest absolute Gasteiger partial charge is 0.465 e. The topological polar surface area (TPSA) is 86.9 Å². The molecule has 130 valence electrons. The van der Waals surface area contributed by atoms with Gasteiger partial charge in [0, 0.05) is 31.2 Å². The van der Waals surface area contributed by atoms with Crippen LogP contribution in [0.25, 0.3) is 5.65 Å². The van der Waals surface area contributed by atoms with Gasteiger partial charge in [0.25, 0.3) is 0 Å². The summed E-state index contributed by atoms with van der Waals surface area (Å²) in [5.74, 6) is 0.331. The van der Waals surface area contributed by atoms with E-state index in [-0.39, 0.29) is 17.8 Å². The van der Waals surface area contributed by atoms with Crippen LogP contribution in [0.15, 0.2) is 36.7 Å². The number of rotatable bonds is 4. The highest BCUT2D eigenvalue weighted by Crippen LogP contribution is 2.27. The van der Waals surface area contributed by atoms with Crippen LogP contribution < -0.4 is 9.80 Å². The van der Waals surface area contributed by atoms with Gasteiger partial charge in [-0.05, 0) is 38.1 Å². The molecule has 0 saturated carbocycles. The number of carboxylic acid groups (broad SMARTS) is 1. The smallest absolute Gasteiger partial charge is 0.414 e. The first kappa shape index (κ1) is 16.6. The summed E-state index contributed by atoms with van der Waals surface area (Å²) in [6, 6.07) is 5.64. The second kappa shape index (κ2) is 6.34. The molecule has 2 heterocycles. The van der Waals surface area contributed by atoms with Crippen molar-refractivity contribution >= 4 is 29.2 Å². The number of fused-ring (bicyclic) bond motifs is 1. The fourth-order valence-corrected chi connectivity index (χ4v) is 2.53. The van der Waals surface area contributed by atoms with Gasteiger partial charge in [-0.1, -0.05) is 0 Å². The van der Waals surface area contributed by atoms with Crippen LogP contribution in [0.1, 0.15) is 13.8 Å². The third kappa shape index (κ3) is 2.95. The Bertz CT molecular complexity index is 909. The highest BCUT2D eigenvalue weighted by molar-refractivity contribution is 5.85. The van der Waals surface area contributed by atoms with Crippen molar-refractivity contribution in [1.29, 1.82) is 0 Å². The van der Waals surface area contributed by atoms with Gasteiger partial charge in [-0.2, -0.15) is 0 Å². The zero-order valence-electron chi connectivity index (χ0n) is 14.0. The van der Waals surface area contributed by atoms with Gasteiger partial charge in [0.1, 0.15) is 5.82 Å². The Morgan fingerprint density at radius 1 is 1.24 bits per heavy atom. The Labute approximate surface area is 143 Å². The van der Waals surface area contributed by atoms with Crippen molar-refractivity contribution in [3.63, 3.8) is 0 Å². The van der Waals surface area contributed by atoms with Crippen molar-refractivity contribution in [1.82, 2.24) is 19.6 Å². The van der Waals surface area contributed by atoms with Crippen molar-refractivity contribution < 1.29 is 14.3 Å². The second-order valence-corrected chi connectivity index (χ2v) is 5.73. The molecule has 1 N–H and O–H groups in total. The lowest BCUT2D eigenvalue weighted by molar-refractivity contribution is 0.199. The number of hydrogen-bond acceptors (Lipinski definition) is 5. The predicted molar refractivity (Wildman–Crippen MR) is 90.9 cm³/mol. The molecule has 8 nitrogen and oxygen atoms in total. The van der Waals surface area contributed by atoms with Crippen molar-refractivity contribution in [2.24, 2.45) is 0 Å². The van der Waals surface area contributed by atoms with Crippen LogP contribution in [0.5, 0.6) is 0 Å². The molecule has 0 saturated heterocycles. The molecule has 0 unspecified atom stereocenters. The first-order chi connectivity index (χ1) is 11.9. The van der Waals surface area contributed by atoms with Crippen LogP contribution in [-0.4, -0.2) is 43.9 Å². The first-order valence-corrected chi connectivity index (χ1v) is 7.61. The summed E-state index contributed by atoms with van der Waals surface area (Å²) >= 11 is 0. The molecular weight excluding hydrogens is 327 g/mol. The van der Waals surface area contributed by atoms with Gasteiger partial charge in [0.05, 0.1) is 0 Å². The van der Waals surface area contributed by atoms with Crippen LogP contribution in [0.2, 0.25) is 0 Å². The second-order valence-electron chi connectivity index (χ2n) is 5.73. The zero-order valence-corrected chi connectivity index (χ0v) is 14.0. The SMILES string of the molecule is CC(C)N(C(=O)O)c1nnc2c(N(C)c3ccc(F)cc3)nccn12. The maximum atomic E-state index is 13.1. The highest BCUT2D eigenvalue weighted by Gasteiger charge is 2.25. The van der Waals surface area contributed by atoms with Gasteiger partial charge in [-0.25, -0.2) is 19.1 Å². The first-order valence-electron chi connectivity index (χ1n) is 7.61. The number of halogens is 1. The van der Waals surface area contributed by atoms with Gasteiger partial charge in [0.2, 0.25) is 11.6 Å². The molecule has 0 spiro atoms. The summed E-state index contributed by atoms with van der Waals surface area (Å²) in [6.07, 6.45) is 2.02. The summed E-state index contributed by atoms with van der Waals surface area (Å²) in [6.45, 7) is 3.50. The minimum absolute atomic E-state index is 0.189. The lowest BCUT2D eigenvalue weighted by Crippen LogP contribution is -2.37. The number of amides is 1. The van der Waals surface area contributed by atoms with Crippen LogP contribution in [0, 0.1) is 5.82 Å². The van der Waals surface area contributed by atoms with Gasteiger partial charge < -0.3 is 10.0 Å². The molecule has 0 aliphatic heterocycles. The van der Waals surface area contributed by atoms with Crippen molar-refractivity contribution in [3.8, 4) is 0 Å². The summed E-state index contributed by atoms with van der Waals surface area (Å²) in [7, 11) is 1.77. The molecule has 2 aromatic heterocycles. The average molecular weight is 344 g/mol. The highest BCUT2D eigenvalue weighted by atomic mass is 19.1. The van der Waals surface area contributed by atoms with E-state index in [1.165, 1.54) is 18.3 Å². The molecule has 9 heteroatoms. The van der Waals surface area contributed by atoms with Crippen molar-refractivity contribution in [3.05, 3.63) is 42.5 Å². The number of anilines is 3. The monoisotopic (exact) mass is 344 g/mol. The average Bonchev–Trinajstić information content (AvgIpc) is 2.98. The Morgan fingerprint density at radius 3 is 2.52 bits per heavy atom. The number of benzene rings is 1. The van der Waals surface area contributed by atoms with E-state index >= 15 is 0 Å². The summed E-state index contributed by atoms with van der Waals surface area (Å²) in [4.78, 5) is 18.7. The molecule has 0 atom stereocenters. The van der Waals surface area contributed by atoms with Gasteiger partial charge >= 0.3 is 6.09 Å². The van der Waals surface area contributed by atoms with Crippen LogP contribution in [0.3, 0.4) is 0 Å². The molecule has 1 aromatic carbocycles. The van der Waals surface area contributed by atoms with E-state index < -0.39 is 6.09 Å². The number of nitrogens with zero attached hydrogens (tertiary/aromatic N) is 6. The Kier molecular flexibility index (Phi) is 4.22. The number of hydrogen-bond donors (Lipinski definition) is 1. The maximum Gasteiger partial charge on any atom is 0.414 e. The molecule has 0 fully saturated rings. The van der Waals surface area contributed by atoms with E-state index in [0.717, 1.165) is 4.90 Å². The third-order valence-corrected chi connectivity index (χ3v) is 3.76. The molecule has 0 bridgehead atoms. The molecule has 1 amide bonds. The minimum atomic E-state index is -1.12. The normalized spacial score (nSPS) is 11.1. The third-order valence-electron chi connectivity index (χ3n) is 3.76. The van der Waals surface area contributed by atoms with Crippen molar-refractivity contribution in [2.45, 2.75) is 19.9 Å². The molecule has 0 aliphatic rings. The Hall–Kier alpha value is -3.23. The van der Waals surface area contributed by atoms with E-state index in [2.05, 4.69) is 15.2 Å². The Balaban J connectivity index is 2.10. The lowest BCUT2D eigenvalue weighted by Gasteiger charge is -2.21. The molecular formula is C16H17FN6O2. The summed E-state index contributed by atoms with van der Waals surface area (Å²) in [5.41, 5.74) is 1.11. The van der Waals surface area contributed by atoms with E-state index in [0.29, 0.717) is 17.2 Å². The molecule has 3 rings (SSSR count). The standard InChI is InChI=1S/C16H17FN6O2/c1-10(2)23(16(24)25)15-20-19-14-13(18-8-9-22(14)15)21(3)12-6-4-11(17)5-7-12/h4-10H,1-3H3,(H,24,25). The van der Waals surface area contributed by atoms with Gasteiger partial charge in [0.15, 0.2) is 5.82 Å². The van der Waals surface area contributed by atoms with Gasteiger partial charge in [-0.15, -0.1) is 10.2 Å². The Morgan fingerprint density at radius 2 is 1.92 bits per heavy atom. The van der Waals surface area contributed by atoms with E-state index in [1.807, 2.05) is 0 Å². The van der Waals surface area contributed by atoms with E-state index in [9.17, 15) is 14.3 Å². The number of aromatic nitrogens is 4. The molecule has 25 heavy (non-hydrogen) atoms. The molecule has 3 aromatic rings. The summed E-state index contributed by atoms with van der Waals surface area (Å²) < 4.78 is 14.7. The van der Waals surface area contributed by atoms with Crippen molar-refractivity contribution in [2.75, 3.05) is 16.8 Å². The van der Waals surface area contributed by atoms with E-state index in [1.54, 1.807) is 48.5 Å². The molecule has 0 aliphatic carbocycles. The minimum Gasteiger partial charge on any atom is -0.465 e. The quantitative estimate of drug-likeness (QED) is 0.783. The molecule has 0 radical (unpaired) electrons. The van der Waals surface area contributed by atoms with Crippen LogP contribution in [-0.2, 0) is 0 Å². The fourth-order valence-electron chi connectivity index (χ4n) is 2.53. The zero-order chi connectivity index (χ0) is 18.1.